The summed E-state index contributed by atoms with van der Waals surface area (Å²) in [6.45, 7) is 0. The standard InChI is InChI=1S/C17H19NO2/c19-16(12-10-15-11-13-17(20)18-15)9-5-4-8-14-6-2-1-3-7-14/h1-3,6-7,10,12,15-16,19H,5,9,11,13H2,(H,18,20)/b12-10+/t15-,16-/m0/s1. The van der Waals surface area contributed by atoms with Crippen LogP contribution in [0.25, 0.3) is 0 Å². The fourth-order valence-electron chi connectivity index (χ4n) is 2.05. The van der Waals surface area contributed by atoms with Crippen LogP contribution in [-0.4, -0.2) is 23.2 Å². The molecule has 0 aromatic heterocycles. The van der Waals surface area contributed by atoms with Crippen molar-refractivity contribution in [3.8, 4) is 11.8 Å². The number of aliphatic hydroxyl groups is 1. The van der Waals surface area contributed by atoms with E-state index in [1.807, 2.05) is 36.4 Å². The molecule has 2 rings (SSSR count). The van der Waals surface area contributed by atoms with Crippen LogP contribution >= 0.6 is 0 Å². The van der Waals surface area contributed by atoms with E-state index in [4.69, 9.17) is 0 Å². The van der Waals surface area contributed by atoms with E-state index in [9.17, 15) is 9.90 Å². The summed E-state index contributed by atoms with van der Waals surface area (Å²) in [7, 11) is 0. The number of hydrogen-bond acceptors (Lipinski definition) is 2. The first kappa shape index (κ1) is 14.4. The van der Waals surface area contributed by atoms with E-state index in [-0.39, 0.29) is 11.9 Å². The van der Waals surface area contributed by atoms with E-state index in [1.165, 1.54) is 0 Å². The van der Waals surface area contributed by atoms with Crippen LogP contribution in [0, 0.1) is 11.8 Å². The zero-order valence-electron chi connectivity index (χ0n) is 11.4. The zero-order valence-corrected chi connectivity index (χ0v) is 11.4. The number of carbonyl (C=O) groups excluding carboxylic acids is 1. The molecule has 20 heavy (non-hydrogen) atoms. The highest BCUT2D eigenvalue weighted by Crippen LogP contribution is 2.08. The molecule has 1 aliphatic heterocycles. The van der Waals surface area contributed by atoms with Crippen molar-refractivity contribution in [2.24, 2.45) is 0 Å². The number of aliphatic hydroxyl groups excluding tert-OH is 1. The van der Waals surface area contributed by atoms with Crippen LogP contribution in [0.5, 0.6) is 0 Å². The molecule has 3 nitrogen and oxygen atoms in total. The van der Waals surface area contributed by atoms with E-state index in [0.29, 0.717) is 19.3 Å². The third-order valence-corrected chi connectivity index (χ3v) is 3.17. The minimum Gasteiger partial charge on any atom is -0.389 e. The van der Waals surface area contributed by atoms with Gasteiger partial charge in [0, 0.05) is 24.4 Å². The van der Waals surface area contributed by atoms with Gasteiger partial charge >= 0.3 is 0 Å². The highest BCUT2D eigenvalue weighted by atomic mass is 16.3. The lowest BCUT2D eigenvalue weighted by Crippen LogP contribution is -2.23. The Kier molecular flexibility index (Phi) is 5.40. The highest BCUT2D eigenvalue weighted by molar-refractivity contribution is 5.78. The number of nitrogens with one attached hydrogen (secondary N) is 1. The Morgan fingerprint density at radius 2 is 2.20 bits per heavy atom. The molecule has 0 aliphatic carbocycles. The number of hydrogen-bond donors (Lipinski definition) is 2. The first-order valence-corrected chi connectivity index (χ1v) is 6.94. The van der Waals surface area contributed by atoms with Crippen LogP contribution in [0.2, 0.25) is 0 Å². The first-order chi connectivity index (χ1) is 9.74. The fraction of sp³-hybridized carbons (Fsp3) is 0.353. The van der Waals surface area contributed by atoms with Gasteiger partial charge in [0.15, 0.2) is 0 Å². The van der Waals surface area contributed by atoms with Gasteiger partial charge in [0.25, 0.3) is 0 Å². The Morgan fingerprint density at radius 1 is 1.40 bits per heavy atom. The molecule has 1 aromatic carbocycles. The van der Waals surface area contributed by atoms with Crippen LogP contribution < -0.4 is 5.32 Å². The van der Waals surface area contributed by atoms with Gasteiger partial charge in [-0.2, -0.15) is 0 Å². The molecule has 0 spiro atoms. The summed E-state index contributed by atoms with van der Waals surface area (Å²) in [5.41, 5.74) is 0.992. The molecule has 1 amide bonds. The van der Waals surface area contributed by atoms with Crippen molar-refractivity contribution in [3.63, 3.8) is 0 Å². The molecule has 3 heteroatoms. The van der Waals surface area contributed by atoms with Gasteiger partial charge in [0.05, 0.1) is 6.10 Å². The van der Waals surface area contributed by atoms with Gasteiger partial charge in [-0.05, 0) is 25.0 Å². The maximum Gasteiger partial charge on any atom is 0.220 e. The third-order valence-electron chi connectivity index (χ3n) is 3.17. The second kappa shape index (κ2) is 7.52. The zero-order chi connectivity index (χ0) is 14.2. The van der Waals surface area contributed by atoms with Crippen molar-refractivity contribution in [1.29, 1.82) is 0 Å². The molecule has 1 saturated heterocycles. The molecular weight excluding hydrogens is 250 g/mol. The maximum absolute atomic E-state index is 11.0. The van der Waals surface area contributed by atoms with Gasteiger partial charge in [0.2, 0.25) is 5.91 Å². The Labute approximate surface area is 119 Å². The summed E-state index contributed by atoms with van der Waals surface area (Å²) in [5.74, 6) is 6.20. The summed E-state index contributed by atoms with van der Waals surface area (Å²) in [4.78, 5) is 11.0. The summed E-state index contributed by atoms with van der Waals surface area (Å²) in [6.07, 6.45) is 5.77. The SMILES string of the molecule is O=C1CC[C@H](/C=C/[C@@H](O)CCC#Cc2ccccc2)N1. The van der Waals surface area contributed by atoms with Crippen LogP contribution in [0.4, 0.5) is 0 Å². The lowest BCUT2D eigenvalue weighted by molar-refractivity contribution is -0.119. The Hall–Kier alpha value is -2.05. The van der Waals surface area contributed by atoms with Gasteiger partial charge < -0.3 is 10.4 Å². The van der Waals surface area contributed by atoms with Crippen LogP contribution in [0.3, 0.4) is 0 Å². The average Bonchev–Trinajstić information content (AvgIpc) is 2.88. The predicted molar refractivity (Wildman–Crippen MR) is 78.9 cm³/mol. The summed E-state index contributed by atoms with van der Waals surface area (Å²) >= 11 is 0. The molecule has 0 radical (unpaired) electrons. The molecule has 1 aliphatic rings. The van der Waals surface area contributed by atoms with Crippen molar-refractivity contribution in [1.82, 2.24) is 5.32 Å². The van der Waals surface area contributed by atoms with Crippen molar-refractivity contribution in [2.75, 3.05) is 0 Å². The van der Waals surface area contributed by atoms with Gasteiger partial charge in [0.1, 0.15) is 0 Å². The molecule has 1 heterocycles. The molecule has 0 unspecified atom stereocenters. The second-order valence-electron chi connectivity index (χ2n) is 4.87. The maximum atomic E-state index is 11.0. The number of carbonyl (C=O) groups is 1. The van der Waals surface area contributed by atoms with Gasteiger partial charge in [-0.3, -0.25) is 4.79 Å². The summed E-state index contributed by atoms with van der Waals surface area (Å²) in [5, 5.41) is 12.6. The fourth-order valence-corrected chi connectivity index (χ4v) is 2.05. The minimum absolute atomic E-state index is 0.0764. The molecule has 1 fully saturated rings. The highest BCUT2D eigenvalue weighted by Gasteiger charge is 2.17. The van der Waals surface area contributed by atoms with Crippen molar-refractivity contribution < 1.29 is 9.90 Å². The molecule has 0 bridgehead atoms. The van der Waals surface area contributed by atoms with Gasteiger partial charge in [-0.1, -0.05) is 42.2 Å². The quantitative estimate of drug-likeness (QED) is 0.649. The molecule has 1 aromatic rings. The monoisotopic (exact) mass is 269 g/mol. The van der Waals surface area contributed by atoms with Crippen molar-refractivity contribution >= 4 is 5.91 Å². The average molecular weight is 269 g/mol. The van der Waals surface area contributed by atoms with Crippen molar-refractivity contribution in [3.05, 3.63) is 48.0 Å². The van der Waals surface area contributed by atoms with E-state index in [2.05, 4.69) is 17.2 Å². The topological polar surface area (TPSA) is 49.3 Å². The molecule has 2 N–H and O–H groups in total. The lowest BCUT2D eigenvalue weighted by atomic mass is 10.1. The molecule has 2 atom stereocenters. The lowest BCUT2D eigenvalue weighted by Gasteiger charge is -2.05. The van der Waals surface area contributed by atoms with Crippen LogP contribution in [-0.2, 0) is 4.79 Å². The third kappa shape index (κ3) is 4.91. The predicted octanol–water partition coefficient (Wildman–Crippen LogP) is 2.01. The van der Waals surface area contributed by atoms with E-state index in [1.54, 1.807) is 6.08 Å². The molecular formula is C17H19NO2. The normalized spacial score (nSPS) is 19.4. The molecule has 104 valence electrons. The van der Waals surface area contributed by atoms with Gasteiger partial charge in [-0.15, -0.1) is 0 Å². The summed E-state index contributed by atoms with van der Waals surface area (Å²) in [6, 6.07) is 9.88. The van der Waals surface area contributed by atoms with E-state index in [0.717, 1.165) is 12.0 Å². The number of amides is 1. The van der Waals surface area contributed by atoms with E-state index < -0.39 is 6.10 Å². The van der Waals surface area contributed by atoms with Crippen LogP contribution in [0.1, 0.15) is 31.2 Å². The summed E-state index contributed by atoms with van der Waals surface area (Å²) < 4.78 is 0. The molecule has 0 saturated carbocycles. The Morgan fingerprint density at radius 3 is 2.90 bits per heavy atom. The second-order valence-corrected chi connectivity index (χ2v) is 4.87. The number of benzene rings is 1. The number of rotatable bonds is 4. The largest absolute Gasteiger partial charge is 0.389 e. The van der Waals surface area contributed by atoms with E-state index >= 15 is 0 Å². The minimum atomic E-state index is -0.502. The smallest absolute Gasteiger partial charge is 0.220 e. The Bertz CT molecular complexity index is 525. The van der Waals surface area contributed by atoms with Gasteiger partial charge in [-0.25, -0.2) is 0 Å². The van der Waals surface area contributed by atoms with Crippen LogP contribution in [0.15, 0.2) is 42.5 Å². The Balaban J connectivity index is 1.70. The first-order valence-electron chi connectivity index (χ1n) is 6.94. The van der Waals surface area contributed by atoms with Crippen molar-refractivity contribution in [2.45, 2.75) is 37.8 Å².